The van der Waals surface area contributed by atoms with Crippen molar-refractivity contribution in [3.63, 3.8) is 0 Å². The van der Waals surface area contributed by atoms with E-state index < -0.39 is 11.5 Å². The molecular formula is C29H19N3O4. The van der Waals surface area contributed by atoms with Gasteiger partial charge in [0.1, 0.15) is 11.3 Å². The summed E-state index contributed by atoms with van der Waals surface area (Å²) in [5, 5.41) is 11.1. The van der Waals surface area contributed by atoms with Crippen molar-refractivity contribution in [2.45, 2.75) is 12.3 Å². The summed E-state index contributed by atoms with van der Waals surface area (Å²) in [5.41, 5.74) is 8.19. The van der Waals surface area contributed by atoms with Crippen molar-refractivity contribution in [3.05, 3.63) is 118 Å². The van der Waals surface area contributed by atoms with Crippen LogP contribution >= 0.6 is 0 Å². The van der Waals surface area contributed by atoms with Crippen molar-refractivity contribution in [3.8, 4) is 23.4 Å². The van der Waals surface area contributed by atoms with Gasteiger partial charge in [0, 0.05) is 16.5 Å². The SMILES string of the molecule is N#CCC1=C(N)Oc2c(c(=O)oc3ccccc23)C1c1cc2ccccc2nc1Oc1ccccc1. The molecule has 2 aromatic heterocycles. The lowest BCUT2D eigenvalue weighted by Gasteiger charge is -2.29. The van der Waals surface area contributed by atoms with Gasteiger partial charge in [-0.25, -0.2) is 9.78 Å². The molecule has 0 aliphatic carbocycles. The van der Waals surface area contributed by atoms with Crippen LogP contribution in [-0.4, -0.2) is 4.98 Å². The summed E-state index contributed by atoms with van der Waals surface area (Å²) in [5.74, 6) is 0.505. The summed E-state index contributed by atoms with van der Waals surface area (Å²) in [6.45, 7) is 0. The van der Waals surface area contributed by atoms with Crippen LogP contribution in [-0.2, 0) is 0 Å². The minimum Gasteiger partial charge on any atom is -0.440 e. The van der Waals surface area contributed by atoms with Crippen LogP contribution in [0.3, 0.4) is 0 Å². The number of nitriles is 1. The van der Waals surface area contributed by atoms with Crippen molar-refractivity contribution in [2.24, 2.45) is 5.73 Å². The fourth-order valence-electron chi connectivity index (χ4n) is 4.61. The second-order valence-electron chi connectivity index (χ2n) is 8.38. The molecule has 0 radical (unpaired) electrons. The van der Waals surface area contributed by atoms with Gasteiger partial charge in [0.25, 0.3) is 0 Å². The lowest BCUT2D eigenvalue weighted by Crippen LogP contribution is -2.27. The van der Waals surface area contributed by atoms with Crippen LogP contribution in [0.1, 0.15) is 23.5 Å². The van der Waals surface area contributed by atoms with Gasteiger partial charge in [0.05, 0.1) is 34.9 Å². The van der Waals surface area contributed by atoms with Crippen LogP contribution in [0.4, 0.5) is 0 Å². The van der Waals surface area contributed by atoms with E-state index in [1.54, 1.807) is 18.2 Å². The summed E-state index contributed by atoms with van der Waals surface area (Å²) in [7, 11) is 0. The van der Waals surface area contributed by atoms with Crippen molar-refractivity contribution in [1.82, 2.24) is 4.98 Å². The molecule has 0 saturated heterocycles. The van der Waals surface area contributed by atoms with E-state index in [4.69, 9.17) is 24.6 Å². The first-order valence-corrected chi connectivity index (χ1v) is 11.4. The normalized spacial score (nSPS) is 14.8. The summed E-state index contributed by atoms with van der Waals surface area (Å²) < 4.78 is 17.9. The summed E-state index contributed by atoms with van der Waals surface area (Å²) in [6, 6.07) is 28.0. The van der Waals surface area contributed by atoms with Crippen LogP contribution in [0.25, 0.3) is 21.9 Å². The minimum absolute atomic E-state index is 0.0557. The zero-order chi connectivity index (χ0) is 24.6. The minimum atomic E-state index is -0.759. The van der Waals surface area contributed by atoms with Crippen LogP contribution in [0.2, 0.25) is 0 Å². The summed E-state index contributed by atoms with van der Waals surface area (Å²) >= 11 is 0. The molecule has 1 unspecified atom stereocenters. The number of nitrogens with two attached hydrogens (primary N) is 1. The first kappa shape index (κ1) is 21.4. The van der Waals surface area contributed by atoms with Crippen LogP contribution < -0.4 is 20.8 Å². The standard InChI is InChI=1S/C29H19N3O4/c30-15-14-20-24(25-26(36-27(20)31)19-11-5-7-13-23(19)35-29(25)33)21-16-17-8-4-6-12-22(17)32-28(21)34-18-9-2-1-3-10-18/h1-13,16,24H,14,31H2. The fourth-order valence-corrected chi connectivity index (χ4v) is 4.61. The van der Waals surface area contributed by atoms with Gasteiger partial charge < -0.3 is 19.6 Å². The number of pyridine rings is 1. The Morgan fingerprint density at radius 1 is 1.00 bits per heavy atom. The molecule has 3 aromatic carbocycles. The number of hydrogen-bond acceptors (Lipinski definition) is 7. The van der Waals surface area contributed by atoms with E-state index in [2.05, 4.69) is 6.07 Å². The number of hydrogen-bond donors (Lipinski definition) is 1. The third-order valence-corrected chi connectivity index (χ3v) is 6.22. The number of aromatic nitrogens is 1. The number of rotatable bonds is 4. The van der Waals surface area contributed by atoms with Gasteiger partial charge in [-0.3, -0.25) is 0 Å². The molecule has 5 aromatic rings. The van der Waals surface area contributed by atoms with Gasteiger partial charge >= 0.3 is 5.63 Å². The molecule has 6 rings (SSSR count). The summed E-state index contributed by atoms with van der Waals surface area (Å²) in [4.78, 5) is 18.2. The van der Waals surface area contributed by atoms with Crippen molar-refractivity contribution >= 4 is 21.9 Å². The molecule has 1 atom stereocenters. The first-order chi connectivity index (χ1) is 17.6. The monoisotopic (exact) mass is 473 g/mol. The highest BCUT2D eigenvalue weighted by atomic mass is 16.5. The smallest absolute Gasteiger partial charge is 0.344 e. The van der Waals surface area contributed by atoms with Gasteiger partial charge in [0.2, 0.25) is 5.88 Å². The van der Waals surface area contributed by atoms with E-state index in [0.29, 0.717) is 39.5 Å². The van der Waals surface area contributed by atoms with Crippen LogP contribution in [0.5, 0.6) is 17.4 Å². The van der Waals surface area contributed by atoms with Crippen molar-refractivity contribution < 1.29 is 13.9 Å². The number of allylic oxidation sites excluding steroid dienone is 1. The van der Waals surface area contributed by atoms with E-state index in [-0.39, 0.29) is 17.9 Å². The maximum absolute atomic E-state index is 13.4. The maximum Gasteiger partial charge on any atom is 0.344 e. The Kier molecular flexibility index (Phi) is 5.12. The third kappa shape index (κ3) is 3.53. The molecule has 1 aliphatic heterocycles. The van der Waals surface area contributed by atoms with Gasteiger partial charge in [-0.2, -0.15) is 5.26 Å². The average Bonchev–Trinajstić information content (AvgIpc) is 2.90. The van der Waals surface area contributed by atoms with Crippen molar-refractivity contribution in [2.75, 3.05) is 0 Å². The second-order valence-corrected chi connectivity index (χ2v) is 8.38. The van der Waals surface area contributed by atoms with Crippen molar-refractivity contribution in [1.29, 1.82) is 5.26 Å². The van der Waals surface area contributed by atoms with Gasteiger partial charge in [-0.1, -0.05) is 48.5 Å². The highest BCUT2D eigenvalue weighted by molar-refractivity contribution is 5.86. The van der Waals surface area contributed by atoms with Gasteiger partial charge in [0.15, 0.2) is 11.6 Å². The van der Waals surface area contributed by atoms with E-state index >= 15 is 0 Å². The lowest BCUT2D eigenvalue weighted by molar-refractivity contribution is 0.379. The molecule has 0 saturated carbocycles. The maximum atomic E-state index is 13.4. The molecule has 0 spiro atoms. The average molecular weight is 473 g/mol. The molecule has 2 N–H and O–H groups in total. The Morgan fingerprint density at radius 3 is 2.58 bits per heavy atom. The lowest BCUT2D eigenvalue weighted by atomic mass is 9.82. The number of nitrogens with zero attached hydrogens (tertiary/aromatic N) is 2. The Balaban J connectivity index is 1.67. The Bertz CT molecular complexity index is 1770. The zero-order valence-electron chi connectivity index (χ0n) is 19.0. The fraction of sp³-hybridized carbons (Fsp3) is 0.0690. The molecule has 1 aliphatic rings. The number of ether oxygens (including phenoxy) is 2. The van der Waals surface area contributed by atoms with E-state index in [1.807, 2.05) is 66.7 Å². The van der Waals surface area contributed by atoms with E-state index in [1.165, 1.54) is 0 Å². The molecule has 0 fully saturated rings. The highest BCUT2D eigenvalue weighted by Gasteiger charge is 2.37. The topological polar surface area (TPSA) is 111 Å². The largest absolute Gasteiger partial charge is 0.440 e. The predicted molar refractivity (Wildman–Crippen MR) is 135 cm³/mol. The van der Waals surface area contributed by atoms with Crippen LogP contribution in [0.15, 0.2) is 106 Å². The molecule has 3 heterocycles. The summed E-state index contributed by atoms with van der Waals surface area (Å²) in [6.07, 6.45) is -0.0557. The van der Waals surface area contributed by atoms with Gasteiger partial charge in [-0.15, -0.1) is 0 Å². The van der Waals surface area contributed by atoms with Gasteiger partial charge in [-0.05, 0) is 36.4 Å². The molecule has 0 bridgehead atoms. The highest BCUT2D eigenvalue weighted by Crippen LogP contribution is 2.47. The quantitative estimate of drug-likeness (QED) is 0.331. The molecule has 7 heteroatoms. The molecule has 36 heavy (non-hydrogen) atoms. The number of para-hydroxylation sites is 3. The van der Waals surface area contributed by atoms with E-state index in [9.17, 15) is 10.1 Å². The zero-order valence-corrected chi connectivity index (χ0v) is 19.0. The Hall–Kier alpha value is -5.09. The first-order valence-electron chi connectivity index (χ1n) is 11.4. The van der Waals surface area contributed by atoms with Crippen LogP contribution in [0, 0.1) is 11.3 Å². The molecular weight excluding hydrogens is 454 g/mol. The third-order valence-electron chi connectivity index (χ3n) is 6.22. The molecule has 174 valence electrons. The number of fused-ring (bicyclic) bond motifs is 4. The Morgan fingerprint density at radius 2 is 1.75 bits per heavy atom. The molecule has 7 nitrogen and oxygen atoms in total. The molecule has 0 amide bonds. The Labute approximate surface area is 205 Å². The van der Waals surface area contributed by atoms with E-state index in [0.717, 1.165) is 10.9 Å². The second kappa shape index (κ2) is 8.60. The predicted octanol–water partition coefficient (Wildman–Crippen LogP) is 5.74. The number of benzene rings is 3.